The summed E-state index contributed by atoms with van der Waals surface area (Å²) in [6.45, 7) is 8.88. The summed E-state index contributed by atoms with van der Waals surface area (Å²) in [5.41, 5.74) is 3.19. The van der Waals surface area contributed by atoms with E-state index in [9.17, 15) is 14.4 Å². The van der Waals surface area contributed by atoms with Gasteiger partial charge in [-0.2, -0.15) is 0 Å². The number of carbonyl (C=O) groups is 3. The number of esters is 2. The van der Waals surface area contributed by atoms with E-state index in [1.165, 1.54) is 26.2 Å². The van der Waals surface area contributed by atoms with Gasteiger partial charge in [0.05, 0.1) is 0 Å². The van der Waals surface area contributed by atoms with Gasteiger partial charge < -0.3 is 20.0 Å². The zero-order valence-electron chi connectivity index (χ0n) is 15.6. The fraction of sp³-hybridized carbons (Fsp3) is 0.562. The van der Waals surface area contributed by atoms with Crippen LogP contribution in [0, 0.1) is 0 Å². The predicted molar refractivity (Wildman–Crippen MR) is 95.7 cm³/mol. The Morgan fingerprint density at radius 2 is 1.85 bits per heavy atom. The van der Waals surface area contributed by atoms with Gasteiger partial charge in [-0.15, -0.1) is 11.3 Å². The van der Waals surface area contributed by atoms with Gasteiger partial charge in [-0.05, 0) is 41.5 Å². The summed E-state index contributed by atoms with van der Waals surface area (Å²) in [6, 6.07) is 0. The van der Waals surface area contributed by atoms with Gasteiger partial charge in [-0.25, -0.2) is 14.6 Å². The summed E-state index contributed by atoms with van der Waals surface area (Å²) in [7, 11) is 0. The number of hydrogen-bond acceptors (Lipinski definition) is 10. The molecule has 0 aliphatic carbocycles. The van der Waals surface area contributed by atoms with Gasteiger partial charge in [0.2, 0.25) is 11.3 Å². The van der Waals surface area contributed by atoms with Crippen molar-refractivity contribution in [3.8, 4) is 0 Å². The van der Waals surface area contributed by atoms with Crippen LogP contribution in [-0.4, -0.2) is 46.2 Å². The van der Waals surface area contributed by atoms with Crippen LogP contribution >= 0.6 is 11.3 Å². The van der Waals surface area contributed by atoms with E-state index >= 15 is 0 Å². The van der Waals surface area contributed by atoms with Crippen molar-refractivity contribution in [2.75, 3.05) is 12.3 Å². The number of rotatable bonds is 7. The molecule has 0 unspecified atom stereocenters. The number of aromatic nitrogens is 1. The quantitative estimate of drug-likeness (QED) is 0.426. The summed E-state index contributed by atoms with van der Waals surface area (Å²) in [5, 5.41) is 5.41. The zero-order chi connectivity index (χ0) is 20.1. The third-order valence-corrected chi connectivity index (χ3v) is 3.29. The van der Waals surface area contributed by atoms with Crippen LogP contribution in [0.1, 0.15) is 47.2 Å². The minimum absolute atomic E-state index is 0.112. The molecule has 0 radical (unpaired) electrons. The molecule has 2 N–H and O–H groups in total. The maximum Gasteiger partial charge on any atom is 0.363 e. The molecule has 1 aromatic heterocycles. The number of ether oxygens (including phenoxy) is 2. The second-order valence-corrected chi connectivity index (χ2v) is 7.78. The number of nitrogens with two attached hydrogens (primary N) is 1. The van der Waals surface area contributed by atoms with E-state index in [4.69, 9.17) is 20.0 Å². The van der Waals surface area contributed by atoms with Crippen molar-refractivity contribution >= 4 is 39.9 Å². The highest BCUT2D eigenvalue weighted by Crippen LogP contribution is 2.19. The van der Waals surface area contributed by atoms with Gasteiger partial charge in [0.15, 0.2) is 10.9 Å². The molecule has 0 fully saturated rings. The van der Waals surface area contributed by atoms with Crippen molar-refractivity contribution < 1.29 is 28.7 Å². The SMILES string of the molecule is CC(=O)COC(=O)/C(=N\OC(C)(C)C(=O)OC(C)(C)C)c1csc(N)n1. The standard InChI is InChI=1S/C16H23N3O6S/c1-9(20)7-23-12(21)11(10-8-26-14(17)18-10)19-25-16(5,6)13(22)24-15(2,3)4/h8H,7H2,1-6H3,(H2,17,18)/b19-11-. The average molecular weight is 385 g/mol. The summed E-state index contributed by atoms with van der Waals surface area (Å²) in [4.78, 5) is 44.6. The Morgan fingerprint density at radius 1 is 1.23 bits per heavy atom. The molecule has 0 spiro atoms. The van der Waals surface area contributed by atoms with E-state index in [-0.39, 0.29) is 22.3 Å². The first kappa shape index (κ1) is 21.6. The Kier molecular flexibility index (Phi) is 6.85. The lowest BCUT2D eigenvalue weighted by molar-refractivity contribution is -0.179. The number of nitrogen functional groups attached to an aromatic ring is 1. The molecule has 1 heterocycles. The highest BCUT2D eigenvalue weighted by molar-refractivity contribution is 7.13. The molecule has 144 valence electrons. The van der Waals surface area contributed by atoms with E-state index in [2.05, 4.69) is 10.1 Å². The number of oxime groups is 1. The summed E-state index contributed by atoms with van der Waals surface area (Å²) in [6.07, 6.45) is 0. The second kappa shape index (κ2) is 8.26. The molecule has 0 aliphatic heterocycles. The Morgan fingerprint density at radius 3 is 2.31 bits per heavy atom. The molecule has 9 nitrogen and oxygen atoms in total. The molecule has 0 atom stereocenters. The van der Waals surface area contributed by atoms with Crippen molar-refractivity contribution in [3.05, 3.63) is 11.1 Å². The number of ketones is 1. The molecule has 1 rings (SSSR count). The lowest BCUT2D eigenvalue weighted by Crippen LogP contribution is -2.40. The van der Waals surface area contributed by atoms with Crippen LogP contribution in [0.15, 0.2) is 10.5 Å². The second-order valence-electron chi connectivity index (χ2n) is 6.89. The van der Waals surface area contributed by atoms with Gasteiger partial charge >= 0.3 is 11.9 Å². The lowest BCUT2D eigenvalue weighted by atomic mass is 10.1. The van der Waals surface area contributed by atoms with Crippen LogP contribution in [-0.2, 0) is 28.7 Å². The van der Waals surface area contributed by atoms with Crippen LogP contribution < -0.4 is 5.73 Å². The van der Waals surface area contributed by atoms with Crippen molar-refractivity contribution in [1.29, 1.82) is 0 Å². The number of nitrogens with zero attached hydrogens (tertiary/aromatic N) is 2. The minimum atomic E-state index is -1.47. The maximum absolute atomic E-state index is 12.2. The minimum Gasteiger partial charge on any atom is -0.457 e. The number of thiazole rings is 1. The Hall–Kier alpha value is -2.49. The number of Topliss-reactive ketones (excluding diaryl/α,β-unsaturated/α-hetero) is 1. The fourth-order valence-corrected chi connectivity index (χ4v) is 1.97. The summed E-state index contributed by atoms with van der Waals surface area (Å²) >= 11 is 1.09. The molecule has 0 saturated heterocycles. The summed E-state index contributed by atoms with van der Waals surface area (Å²) in [5.74, 6) is -1.93. The fourth-order valence-electron chi connectivity index (χ4n) is 1.42. The van der Waals surface area contributed by atoms with Crippen molar-refractivity contribution in [3.63, 3.8) is 0 Å². The van der Waals surface area contributed by atoms with E-state index in [1.54, 1.807) is 20.8 Å². The number of hydrogen-bond donors (Lipinski definition) is 1. The lowest BCUT2D eigenvalue weighted by Gasteiger charge is -2.26. The molecule has 0 aliphatic rings. The summed E-state index contributed by atoms with van der Waals surface area (Å²) < 4.78 is 10.1. The van der Waals surface area contributed by atoms with Crippen LogP contribution in [0.5, 0.6) is 0 Å². The number of anilines is 1. The predicted octanol–water partition coefficient (Wildman–Crippen LogP) is 1.70. The van der Waals surface area contributed by atoms with Gasteiger partial charge in [0.25, 0.3) is 0 Å². The highest BCUT2D eigenvalue weighted by atomic mass is 32.1. The highest BCUT2D eigenvalue weighted by Gasteiger charge is 2.36. The van der Waals surface area contributed by atoms with Gasteiger partial charge in [0.1, 0.15) is 17.9 Å². The number of carbonyl (C=O) groups excluding carboxylic acids is 3. The van der Waals surface area contributed by atoms with Crippen LogP contribution in [0.2, 0.25) is 0 Å². The molecular weight excluding hydrogens is 362 g/mol. The van der Waals surface area contributed by atoms with Crippen molar-refractivity contribution in [1.82, 2.24) is 4.98 Å². The van der Waals surface area contributed by atoms with Crippen molar-refractivity contribution in [2.24, 2.45) is 5.16 Å². The van der Waals surface area contributed by atoms with E-state index in [0.29, 0.717) is 0 Å². The molecule has 26 heavy (non-hydrogen) atoms. The topological polar surface area (TPSA) is 130 Å². The van der Waals surface area contributed by atoms with Crippen LogP contribution in [0.4, 0.5) is 5.13 Å². The molecule has 0 bridgehead atoms. The van der Waals surface area contributed by atoms with Crippen molar-refractivity contribution in [2.45, 2.75) is 52.7 Å². The van der Waals surface area contributed by atoms with Gasteiger partial charge in [-0.1, -0.05) is 5.16 Å². The third-order valence-electron chi connectivity index (χ3n) is 2.62. The monoisotopic (exact) mass is 385 g/mol. The Bertz CT molecular complexity index is 718. The molecule has 0 saturated carbocycles. The molecule has 0 aromatic carbocycles. The van der Waals surface area contributed by atoms with Gasteiger partial charge in [-0.3, -0.25) is 4.79 Å². The molecule has 1 aromatic rings. The average Bonchev–Trinajstić information content (AvgIpc) is 2.89. The van der Waals surface area contributed by atoms with E-state index < -0.39 is 29.7 Å². The Balaban J connectivity index is 3.04. The smallest absolute Gasteiger partial charge is 0.363 e. The first-order valence-electron chi connectivity index (χ1n) is 7.69. The van der Waals surface area contributed by atoms with Crippen LogP contribution in [0.3, 0.4) is 0 Å². The normalized spacial score (nSPS) is 12.5. The zero-order valence-corrected chi connectivity index (χ0v) is 16.4. The van der Waals surface area contributed by atoms with E-state index in [1.807, 2.05) is 0 Å². The first-order chi connectivity index (χ1) is 11.8. The third kappa shape index (κ3) is 6.79. The molecular formula is C16H23N3O6S. The van der Waals surface area contributed by atoms with Crippen LogP contribution in [0.25, 0.3) is 0 Å². The Labute approximate surface area is 155 Å². The molecule has 10 heteroatoms. The maximum atomic E-state index is 12.2. The van der Waals surface area contributed by atoms with E-state index in [0.717, 1.165) is 11.3 Å². The largest absolute Gasteiger partial charge is 0.457 e. The molecule has 0 amide bonds. The first-order valence-corrected chi connectivity index (χ1v) is 8.57. The van der Waals surface area contributed by atoms with Gasteiger partial charge in [0, 0.05) is 5.38 Å².